The predicted molar refractivity (Wildman–Crippen MR) is 51.5 cm³/mol. The molecule has 0 aromatic rings. The third-order valence-corrected chi connectivity index (χ3v) is 2.62. The molecule has 2 rings (SSSR count). The Hall–Kier alpha value is -1.25. The zero-order valence-corrected chi connectivity index (χ0v) is 8.34. The number of hydrogen-bond acceptors (Lipinski definition) is 3. The van der Waals surface area contributed by atoms with Gasteiger partial charge in [-0.15, -0.1) is 0 Å². The van der Waals surface area contributed by atoms with Gasteiger partial charge in [-0.25, -0.2) is 0 Å². The number of rotatable bonds is 1. The van der Waals surface area contributed by atoms with Crippen LogP contribution in [0.25, 0.3) is 0 Å². The normalized spacial score (nSPS) is 22.1. The molecule has 0 spiro atoms. The fourth-order valence-corrected chi connectivity index (χ4v) is 1.90. The van der Waals surface area contributed by atoms with Crippen LogP contribution in [-0.2, 0) is 14.3 Å². The molecule has 0 atom stereocenters. The molecule has 0 saturated carbocycles. The Labute approximate surface area is 83.4 Å². The molecule has 3 heteroatoms. The molecule has 2 aliphatic rings. The summed E-state index contributed by atoms with van der Waals surface area (Å²) >= 11 is 0. The highest BCUT2D eigenvalue weighted by atomic mass is 16.5. The molecular formula is C11H14O3. The third kappa shape index (κ3) is 1.54. The van der Waals surface area contributed by atoms with E-state index in [1.165, 1.54) is 7.11 Å². The SMILES string of the molecule is COC1=CCCC2=C(OCCC2)C1=O. The van der Waals surface area contributed by atoms with E-state index < -0.39 is 0 Å². The first kappa shape index (κ1) is 9.31. The summed E-state index contributed by atoms with van der Waals surface area (Å²) in [7, 11) is 1.53. The molecule has 0 fully saturated rings. The van der Waals surface area contributed by atoms with Crippen molar-refractivity contribution in [3.63, 3.8) is 0 Å². The van der Waals surface area contributed by atoms with Gasteiger partial charge in [-0.05, 0) is 37.3 Å². The van der Waals surface area contributed by atoms with Gasteiger partial charge in [0.1, 0.15) is 0 Å². The van der Waals surface area contributed by atoms with Crippen LogP contribution in [-0.4, -0.2) is 19.5 Å². The third-order valence-electron chi connectivity index (χ3n) is 2.62. The highest BCUT2D eigenvalue weighted by molar-refractivity contribution is 6.06. The lowest BCUT2D eigenvalue weighted by Gasteiger charge is -2.18. The summed E-state index contributed by atoms with van der Waals surface area (Å²) in [5.41, 5.74) is 1.16. The van der Waals surface area contributed by atoms with Crippen LogP contribution in [0.2, 0.25) is 0 Å². The van der Waals surface area contributed by atoms with Crippen molar-refractivity contribution in [2.75, 3.05) is 13.7 Å². The van der Waals surface area contributed by atoms with Gasteiger partial charge in [0.2, 0.25) is 0 Å². The summed E-state index contributed by atoms with van der Waals surface area (Å²) in [4.78, 5) is 11.8. The van der Waals surface area contributed by atoms with Crippen LogP contribution in [0.3, 0.4) is 0 Å². The van der Waals surface area contributed by atoms with Gasteiger partial charge in [-0.3, -0.25) is 4.79 Å². The Balaban J connectivity index is 2.31. The lowest BCUT2D eigenvalue weighted by molar-refractivity contribution is -0.118. The molecule has 1 aliphatic carbocycles. The van der Waals surface area contributed by atoms with Crippen molar-refractivity contribution in [1.82, 2.24) is 0 Å². The van der Waals surface area contributed by atoms with Crippen LogP contribution in [0.5, 0.6) is 0 Å². The Morgan fingerprint density at radius 3 is 3.07 bits per heavy atom. The highest BCUT2D eigenvalue weighted by Crippen LogP contribution is 2.28. The van der Waals surface area contributed by atoms with E-state index in [2.05, 4.69) is 0 Å². The number of ketones is 1. The van der Waals surface area contributed by atoms with Crippen molar-refractivity contribution < 1.29 is 14.3 Å². The summed E-state index contributed by atoms with van der Waals surface area (Å²) in [5.74, 6) is 0.887. The molecule has 1 aliphatic heterocycles. The fourth-order valence-electron chi connectivity index (χ4n) is 1.90. The minimum atomic E-state index is -0.0836. The number of carbonyl (C=O) groups excluding carboxylic acids is 1. The molecule has 0 radical (unpaired) electrons. The summed E-state index contributed by atoms with van der Waals surface area (Å²) in [6.45, 7) is 0.654. The maximum Gasteiger partial charge on any atom is 0.261 e. The fraction of sp³-hybridized carbons (Fsp3) is 0.545. The number of carbonyl (C=O) groups is 1. The molecule has 3 nitrogen and oxygen atoms in total. The molecule has 0 saturated heterocycles. The molecule has 0 N–H and O–H groups in total. The van der Waals surface area contributed by atoms with E-state index in [-0.39, 0.29) is 5.78 Å². The van der Waals surface area contributed by atoms with Gasteiger partial charge < -0.3 is 9.47 Å². The van der Waals surface area contributed by atoms with E-state index in [1.54, 1.807) is 0 Å². The van der Waals surface area contributed by atoms with Crippen LogP contribution in [0, 0.1) is 0 Å². The lowest BCUT2D eigenvalue weighted by atomic mass is 10.0. The van der Waals surface area contributed by atoms with Gasteiger partial charge in [0, 0.05) is 0 Å². The van der Waals surface area contributed by atoms with Crippen LogP contribution < -0.4 is 0 Å². The topological polar surface area (TPSA) is 35.5 Å². The van der Waals surface area contributed by atoms with Crippen molar-refractivity contribution in [2.24, 2.45) is 0 Å². The maximum atomic E-state index is 11.8. The Bertz CT molecular complexity index is 312. The lowest BCUT2D eigenvalue weighted by Crippen LogP contribution is -2.16. The smallest absolute Gasteiger partial charge is 0.261 e. The Kier molecular flexibility index (Phi) is 2.57. The summed E-state index contributed by atoms with van der Waals surface area (Å²) < 4.78 is 10.4. The second-order valence-corrected chi connectivity index (χ2v) is 3.52. The van der Waals surface area contributed by atoms with E-state index in [9.17, 15) is 4.79 Å². The first-order chi connectivity index (χ1) is 6.83. The zero-order chi connectivity index (χ0) is 9.97. The number of hydrogen-bond donors (Lipinski definition) is 0. The second-order valence-electron chi connectivity index (χ2n) is 3.52. The van der Waals surface area contributed by atoms with E-state index in [4.69, 9.17) is 9.47 Å². The Morgan fingerprint density at radius 2 is 2.29 bits per heavy atom. The summed E-state index contributed by atoms with van der Waals surface area (Å²) in [6, 6.07) is 0. The number of methoxy groups -OCH3 is 1. The van der Waals surface area contributed by atoms with Gasteiger partial charge in [0.25, 0.3) is 5.78 Å². The monoisotopic (exact) mass is 194 g/mol. The standard InChI is InChI=1S/C11H14O3/c1-13-9-6-2-4-8-5-3-7-14-11(8)10(9)12/h6H,2-5,7H2,1H3. The van der Waals surface area contributed by atoms with Crippen molar-refractivity contribution >= 4 is 5.78 Å². The van der Waals surface area contributed by atoms with Crippen molar-refractivity contribution in [1.29, 1.82) is 0 Å². The average Bonchev–Trinajstić information content (AvgIpc) is 2.39. The van der Waals surface area contributed by atoms with E-state index in [1.807, 2.05) is 6.08 Å². The average molecular weight is 194 g/mol. The second kappa shape index (κ2) is 3.86. The summed E-state index contributed by atoms with van der Waals surface area (Å²) in [5, 5.41) is 0. The van der Waals surface area contributed by atoms with Crippen LogP contribution in [0.4, 0.5) is 0 Å². The number of allylic oxidation sites excluding steroid dienone is 2. The summed E-state index contributed by atoms with van der Waals surface area (Å²) in [6.07, 6.45) is 5.66. The van der Waals surface area contributed by atoms with Crippen LogP contribution in [0.1, 0.15) is 25.7 Å². The number of Topliss-reactive ketones (excluding diaryl/α,β-unsaturated/α-hetero) is 1. The zero-order valence-electron chi connectivity index (χ0n) is 8.34. The van der Waals surface area contributed by atoms with Crippen molar-refractivity contribution in [3.05, 3.63) is 23.2 Å². The minimum absolute atomic E-state index is 0.0836. The van der Waals surface area contributed by atoms with Gasteiger partial charge in [0.05, 0.1) is 13.7 Å². The quantitative estimate of drug-likeness (QED) is 0.640. The van der Waals surface area contributed by atoms with Gasteiger partial charge >= 0.3 is 0 Å². The minimum Gasteiger partial charge on any atom is -0.493 e. The van der Waals surface area contributed by atoms with Gasteiger partial charge in [-0.2, -0.15) is 0 Å². The van der Waals surface area contributed by atoms with E-state index in [0.717, 1.165) is 31.3 Å². The molecular weight excluding hydrogens is 180 g/mol. The maximum absolute atomic E-state index is 11.8. The molecule has 0 bridgehead atoms. The van der Waals surface area contributed by atoms with Crippen molar-refractivity contribution in [3.8, 4) is 0 Å². The molecule has 76 valence electrons. The molecule has 0 aromatic carbocycles. The molecule has 0 unspecified atom stereocenters. The number of ether oxygens (including phenoxy) is 2. The first-order valence-corrected chi connectivity index (χ1v) is 4.96. The largest absolute Gasteiger partial charge is 0.493 e. The van der Waals surface area contributed by atoms with E-state index >= 15 is 0 Å². The van der Waals surface area contributed by atoms with Gasteiger partial charge in [-0.1, -0.05) is 0 Å². The molecule has 1 heterocycles. The molecule has 0 aromatic heterocycles. The van der Waals surface area contributed by atoms with Crippen LogP contribution in [0.15, 0.2) is 23.2 Å². The van der Waals surface area contributed by atoms with E-state index in [0.29, 0.717) is 18.1 Å². The molecule has 14 heavy (non-hydrogen) atoms. The Morgan fingerprint density at radius 1 is 1.43 bits per heavy atom. The van der Waals surface area contributed by atoms with Crippen molar-refractivity contribution in [2.45, 2.75) is 25.7 Å². The first-order valence-electron chi connectivity index (χ1n) is 4.96. The van der Waals surface area contributed by atoms with Crippen LogP contribution >= 0.6 is 0 Å². The predicted octanol–water partition coefficient (Wildman–Crippen LogP) is 1.94. The molecule has 0 amide bonds. The highest BCUT2D eigenvalue weighted by Gasteiger charge is 2.26. The van der Waals surface area contributed by atoms with Gasteiger partial charge in [0.15, 0.2) is 11.5 Å².